The van der Waals surface area contributed by atoms with Gasteiger partial charge < -0.3 is 5.32 Å². The molecule has 58 valence electrons. The summed E-state index contributed by atoms with van der Waals surface area (Å²) in [5.74, 6) is -0.0435. The number of carbonyl (C=O) groups is 1. The molecule has 1 N–H and O–H groups in total. The fourth-order valence-electron chi connectivity index (χ4n) is 0.952. The molecule has 2 heteroatoms. The molecule has 0 unspecified atom stereocenters. The van der Waals surface area contributed by atoms with Crippen LogP contribution in [0.5, 0.6) is 0 Å². The van der Waals surface area contributed by atoms with Crippen molar-refractivity contribution in [2.24, 2.45) is 0 Å². The highest BCUT2D eigenvalue weighted by Crippen LogP contribution is 2.14. The van der Waals surface area contributed by atoms with Crippen LogP contribution in [0.4, 0.5) is 0 Å². The monoisotopic (exact) mass is 149 g/mol. The third-order valence-corrected chi connectivity index (χ3v) is 1.48. The van der Waals surface area contributed by atoms with Gasteiger partial charge in [-0.15, -0.1) is 0 Å². The van der Waals surface area contributed by atoms with Crippen LogP contribution in [-0.2, 0) is 4.79 Å². The maximum absolute atomic E-state index is 11.0. The Bertz CT molecular complexity index is 243. The number of allylic oxidation sites excluding steroid dienone is 2. The van der Waals surface area contributed by atoms with Crippen LogP contribution in [0.3, 0.4) is 0 Å². The summed E-state index contributed by atoms with van der Waals surface area (Å²) >= 11 is 0. The van der Waals surface area contributed by atoms with Crippen LogP contribution in [0.1, 0.15) is 6.92 Å². The van der Waals surface area contributed by atoms with E-state index in [1.807, 2.05) is 6.92 Å². The molecule has 11 heavy (non-hydrogen) atoms. The zero-order valence-corrected chi connectivity index (χ0v) is 6.61. The summed E-state index contributed by atoms with van der Waals surface area (Å²) in [6.07, 6.45) is 1.75. The van der Waals surface area contributed by atoms with Gasteiger partial charge in [0.05, 0.1) is 0 Å². The largest absolute Gasteiger partial charge is 0.348 e. The number of nitrogens with one attached hydrogen (secondary N) is 1. The van der Waals surface area contributed by atoms with Crippen molar-refractivity contribution in [3.05, 3.63) is 36.0 Å². The van der Waals surface area contributed by atoms with E-state index in [2.05, 4.69) is 18.5 Å². The second kappa shape index (κ2) is 2.74. The Hall–Kier alpha value is -1.31. The molecule has 0 aliphatic carbocycles. The molecule has 1 fully saturated rings. The first kappa shape index (κ1) is 7.79. The minimum atomic E-state index is -0.0435. The molecule has 0 aromatic carbocycles. The predicted octanol–water partition coefficient (Wildman–Crippen LogP) is 1.17. The van der Waals surface area contributed by atoms with Gasteiger partial charge >= 0.3 is 0 Å². The predicted molar refractivity (Wildman–Crippen MR) is 45.0 cm³/mol. The summed E-state index contributed by atoms with van der Waals surface area (Å²) in [6.45, 7) is 9.86. The molecular formula is C9H11NO. The molecule has 2 nitrogen and oxygen atoms in total. The van der Waals surface area contributed by atoms with Gasteiger partial charge in [-0.1, -0.05) is 18.7 Å². The standard InChI is InChI=1S/C9H11NO/c1-6(2)4-8-7(3)5-10-9(8)11/h4H,1,3,5H2,2H3,(H,10,11)/b8-4+. The van der Waals surface area contributed by atoms with Gasteiger partial charge in [-0.3, -0.25) is 4.79 Å². The lowest BCUT2D eigenvalue weighted by Crippen LogP contribution is -2.14. The fraction of sp³-hybridized carbons (Fsp3) is 0.222. The topological polar surface area (TPSA) is 29.1 Å². The van der Waals surface area contributed by atoms with E-state index in [-0.39, 0.29) is 5.91 Å². The number of rotatable bonds is 1. The Morgan fingerprint density at radius 3 is 2.73 bits per heavy atom. The van der Waals surface area contributed by atoms with Crippen molar-refractivity contribution in [2.75, 3.05) is 6.54 Å². The van der Waals surface area contributed by atoms with Crippen molar-refractivity contribution in [1.29, 1.82) is 0 Å². The van der Waals surface area contributed by atoms with Crippen molar-refractivity contribution >= 4 is 5.91 Å². The van der Waals surface area contributed by atoms with E-state index in [9.17, 15) is 4.79 Å². The summed E-state index contributed by atoms with van der Waals surface area (Å²) in [6, 6.07) is 0. The maximum Gasteiger partial charge on any atom is 0.251 e. The van der Waals surface area contributed by atoms with E-state index in [1.54, 1.807) is 6.08 Å². The quantitative estimate of drug-likeness (QED) is 0.557. The van der Waals surface area contributed by atoms with Crippen molar-refractivity contribution in [3.8, 4) is 0 Å². The van der Waals surface area contributed by atoms with Gasteiger partial charge in [0.1, 0.15) is 0 Å². The normalized spacial score (nSPS) is 20.6. The third-order valence-electron chi connectivity index (χ3n) is 1.48. The van der Waals surface area contributed by atoms with E-state index in [4.69, 9.17) is 0 Å². The van der Waals surface area contributed by atoms with Gasteiger partial charge in [-0.05, 0) is 18.6 Å². The van der Waals surface area contributed by atoms with Gasteiger partial charge in [0, 0.05) is 12.1 Å². The van der Waals surface area contributed by atoms with Gasteiger partial charge in [0.15, 0.2) is 0 Å². The molecule has 0 aromatic heterocycles. The zero-order chi connectivity index (χ0) is 8.43. The lowest BCUT2D eigenvalue weighted by molar-refractivity contribution is -0.116. The van der Waals surface area contributed by atoms with E-state index in [0.29, 0.717) is 12.1 Å². The summed E-state index contributed by atoms with van der Waals surface area (Å²) in [4.78, 5) is 11.0. The molecule has 0 saturated carbocycles. The Morgan fingerprint density at radius 1 is 1.73 bits per heavy atom. The minimum absolute atomic E-state index is 0.0435. The molecule has 1 amide bonds. The minimum Gasteiger partial charge on any atom is -0.348 e. The van der Waals surface area contributed by atoms with E-state index < -0.39 is 0 Å². The van der Waals surface area contributed by atoms with Crippen molar-refractivity contribution in [3.63, 3.8) is 0 Å². The summed E-state index contributed by atoms with van der Waals surface area (Å²) in [5.41, 5.74) is 2.38. The Morgan fingerprint density at radius 2 is 2.36 bits per heavy atom. The lowest BCUT2D eigenvalue weighted by atomic mass is 10.1. The van der Waals surface area contributed by atoms with E-state index >= 15 is 0 Å². The van der Waals surface area contributed by atoms with Crippen LogP contribution in [0.15, 0.2) is 36.0 Å². The van der Waals surface area contributed by atoms with Crippen LogP contribution in [0.2, 0.25) is 0 Å². The molecular weight excluding hydrogens is 138 g/mol. The van der Waals surface area contributed by atoms with Gasteiger partial charge in [-0.25, -0.2) is 0 Å². The number of carbonyl (C=O) groups excluding carboxylic acids is 1. The van der Waals surface area contributed by atoms with Crippen LogP contribution in [0, 0.1) is 0 Å². The number of hydrogen-bond donors (Lipinski definition) is 1. The highest BCUT2D eigenvalue weighted by Gasteiger charge is 2.19. The smallest absolute Gasteiger partial charge is 0.251 e. The molecule has 0 aromatic rings. The molecule has 1 saturated heterocycles. The van der Waals surface area contributed by atoms with Crippen molar-refractivity contribution in [2.45, 2.75) is 6.92 Å². The second-order valence-corrected chi connectivity index (χ2v) is 2.69. The van der Waals surface area contributed by atoms with E-state index in [1.165, 1.54) is 0 Å². The third kappa shape index (κ3) is 1.58. The van der Waals surface area contributed by atoms with Gasteiger partial charge in [0.2, 0.25) is 0 Å². The lowest BCUT2D eigenvalue weighted by Gasteiger charge is -1.93. The molecule has 1 rings (SSSR count). The maximum atomic E-state index is 11.0. The molecule has 0 atom stereocenters. The van der Waals surface area contributed by atoms with Crippen LogP contribution >= 0.6 is 0 Å². The molecule has 0 radical (unpaired) electrons. The number of amides is 1. The highest BCUT2D eigenvalue weighted by atomic mass is 16.2. The first-order valence-electron chi connectivity index (χ1n) is 3.45. The Labute approximate surface area is 66.3 Å². The highest BCUT2D eigenvalue weighted by molar-refractivity contribution is 6.01. The Kier molecular flexibility index (Phi) is 1.94. The SMILES string of the molecule is C=C(C)/C=C1\C(=C)CNC1=O. The summed E-state index contributed by atoms with van der Waals surface area (Å²) in [5, 5.41) is 2.68. The number of hydrogen-bond acceptors (Lipinski definition) is 1. The van der Waals surface area contributed by atoms with E-state index in [0.717, 1.165) is 11.1 Å². The summed E-state index contributed by atoms with van der Waals surface area (Å²) < 4.78 is 0. The van der Waals surface area contributed by atoms with Crippen molar-refractivity contribution in [1.82, 2.24) is 5.32 Å². The second-order valence-electron chi connectivity index (χ2n) is 2.69. The van der Waals surface area contributed by atoms with Gasteiger partial charge in [0.25, 0.3) is 5.91 Å². The average Bonchev–Trinajstić information content (AvgIpc) is 2.18. The van der Waals surface area contributed by atoms with Crippen molar-refractivity contribution < 1.29 is 4.79 Å². The van der Waals surface area contributed by atoms with Gasteiger partial charge in [-0.2, -0.15) is 0 Å². The first-order chi connectivity index (χ1) is 5.11. The summed E-state index contributed by atoms with van der Waals surface area (Å²) in [7, 11) is 0. The van der Waals surface area contributed by atoms with Crippen LogP contribution < -0.4 is 5.32 Å². The van der Waals surface area contributed by atoms with Crippen LogP contribution in [0.25, 0.3) is 0 Å². The molecule has 1 heterocycles. The Balaban J connectivity index is 2.93. The zero-order valence-electron chi connectivity index (χ0n) is 6.61. The molecule has 1 aliphatic heterocycles. The molecule has 1 aliphatic rings. The van der Waals surface area contributed by atoms with Crippen LogP contribution in [-0.4, -0.2) is 12.5 Å². The molecule has 0 bridgehead atoms. The average molecular weight is 149 g/mol. The fourth-order valence-corrected chi connectivity index (χ4v) is 0.952. The first-order valence-corrected chi connectivity index (χ1v) is 3.45. The molecule has 0 spiro atoms.